The molecule has 0 bridgehead atoms. The predicted molar refractivity (Wildman–Crippen MR) is 128 cm³/mol. The second kappa shape index (κ2) is 13.0. The molecule has 2 aromatic rings. The zero-order chi connectivity index (χ0) is 24.3. The maximum absolute atomic E-state index is 12.7. The van der Waals surface area contributed by atoms with Gasteiger partial charge in [0.1, 0.15) is 18.5 Å². The number of carbonyl (C=O) groups is 2. The van der Waals surface area contributed by atoms with Gasteiger partial charge < -0.3 is 14.6 Å². The van der Waals surface area contributed by atoms with Crippen LogP contribution < -0.4 is 15.5 Å². The summed E-state index contributed by atoms with van der Waals surface area (Å²) < 4.78 is 12.3. The molecule has 8 nitrogen and oxygen atoms in total. The van der Waals surface area contributed by atoms with E-state index in [9.17, 15) is 9.59 Å². The molecule has 33 heavy (non-hydrogen) atoms. The van der Waals surface area contributed by atoms with Gasteiger partial charge in [-0.2, -0.15) is 0 Å². The van der Waals surface area contributed by atoms with Crippen molar-refractivity contribution in [2.75, 3.05) is 18.5 Å². The number of halogens is 1. The highest BCUT2D eigenvalue weighted by Gasteiger charge is 2.34. The first kappa shape index (κ1) is 26.4. The maximum atomic E-state index is 12.7. The Hall–Kier alpha value is -2.88. The van der Waals surface area contributed by atoms with E-state index in [4.69, 9.17) is 19.8 Å². The molecule has 0 aromatic heterocycles. The Kier molecular flexibility index (Phi) is 10.4. The predicted octanol–water partition coefficient (Wildman–Crippen LogP) is 4.98. The summed E-state index contributed by atoms with van der Waals surface area (Å²) in [7, 11) is 0. The summed E-state index contributed by atoms with van der Waals surface area (Å²) in [6.07, 6.45) is 2.76. The number of allylic oxidation sites excluding steroid dienone is 1. The fourth-order valence-corrected chi connectivity index (χ4v) is 3.48. The largest absolute Gasteiger partial charge is 0.491 e. The van der Waals surface area contributed by atoms with E-state index in [1.54, 1.807) is 41.9 Å². The molecule has 2 aromatic carbocycles. The Bertz CT molecular complexity index is 946. The molecule has 0 unspecified atom stereocenters. The monoisotopic (exact) mass is 520 g/mol. The molecule has 0 spiro atoms. The number of carbonyl (C=O) groups excluding carboxylic acids is 2. The molecule has 2 rings (SSSR count). The van der Waals surface area contributed by atoms with Crippen molar-refractivity contribution in [3.63, 3.8) is 0 Å². The minimum absolute atomic E-state index is 0.112. The summed E-state index contributed by atoms with van der Waals surface area (Å²) in [4.78, 5) is 23.9. The van der Waals surface area contributed by atoms with Gasteiger partial charge in [0.25, 0.3) is 5.91 Å². The minimum Gasteiger partial charge on any atom is -0.491 e. The summed E-state index contributed by atoms with van der Waals surface area (Å²) >= 11 is 3.36. The van der Waals surface area contributed by atoms with Gasteiger partial charge in [0.15, 0.2) is 0 Å². The third-order valence-corrected chi connectivity index (χ3v) is 5.41. The summed E-state index contributed by atoms with van der Waals surface area (Å²) in [6, 6.07) is 14.3. The molecule has 0 fully saturated rings. The molecular weight excluding hydrogens is 492 g/mol. The molecule has 0 radical (unpaired) electrons. The van der Waals surface area contributed by atoms with Crippen molar-refractivity contribution >= 4 is 33.6 Å². The fourth-order valence-electron chi connectivity index (χ4n) is 3.21. The zero-order valence-electron chi connectivity index (χ0n) is 18.6. The average Bonchev–Trinajstić information content (AvgIpc) is 2.80. The number of rotatable bonds is 11. The molecule has 4 N–H and O–H groups in total. The van der Waals surface area contributed by atoms with Gasteiger partial charge >= 0.3 is 6.09 Å². The Morgan fingerprint density at radius 3 is 2.58 bits per heavy atom. The molecule has 1 atom stereocenters. The number of hydrogen-bond donors (Lipinski definition) is 4. The zero-order valence-corrected chi connectivity index (χ0v) is 20.2. The van der Waals surface area contributed by atoms with Gasteiger partial charge in [-0.05, 0) is 54.8 Å². The average molecular weight is 521 g/mol. The molecule has 178 valence electrons. The van der Waals surface area contributed by atoms with Crippen LogP contribution in [-0.2, 0) is 9.53 Å². The molecule has 0 aliphatic heterocycles. The molecular formula is C24H29BrN2O6. The molecule has 0 heterocycles. The number of aliphatic hydroxyl groups is 1. The van der Waals surface area contributed by atoms with E-state index in [1.807, 2.05) is 32.0 Å². The van der Waals surface area contributed by atoms with E-state index in [0.717, 1.165) is 10.0 Å². The topological polar surface area (TPSA) is 117 Å². The summed E-state index contributed by atoms with van der Waals surface area (Å²) in [5.41, 5.74) is 2.36. The van der Waals surface area contributed by atoms with Gasteiger partial charge in [-0.15, -0.1) is 0 Å². The van der Waals surface area contributed by atoms with Crippen LogP contribution in [0.5, 0.6) is 5.75 Å². The highest BCUT2D eigenvalue weighted by atomic mass is 79.9. The van der Waals surface area contributed by atoms with Gasteiger partial charge in [-0.3, -0.25) is 15.3 Å². The number of amides is 2. The van der Waals surface area contributed by atoms with E-state index in [-0.39, 0.29) is 13.2 Å². The highest BCUT2D eigenvalue weighted by molar-refractivity contribution is 9.10. The van der Waals surface area contributed by atoms with Gasteiger partial charge in [0.2, 0.25) is 0 Å². The smallest absolute Gasteiger partial charge is 0.412 e. The second-order valence-corrected chi connectivity index (χ2v) is 8.88. The third kappa shape index (κ3) is 8.88. The molecule has 0 saturated heterocycles. The highest BCUT2D eigenvalue weighted by Crippen LogP contribution is 2.41. The van der Waals surface area contributed by atoms with Crippen molar-refractivity contribution in [1.29, 1.82) is 0 Å². The van der Waals surface area contributed by atoms with Gasteiger partial charge in [-0.1, -0.05) is 48.0 Å². The van der Waals surface area contributed by atoms with Crippen LogP contribution in [0.3, 0.4) is 0 Å². The first-order valence-electron chi connectivity index (χ1n) is 10.4. The number of hydroxylamine groups is 1. The second-order valence-electron chi connectivity index (χ2n) is 7.97. The number of ether oxygens (including phenoxy) is 2. The van der Waals surface area contributed by atoms with E-state index in [1.165, 1.54) is 6.08 Å². The van der Waals surface area contributed by atoms with Crippen LogP contribution in [0.1, 0.15) is 38.4 Å². The summed E-state index contributed by atoms with van der Waals surface area (Å²) in [5.74, 6) is -0.0537. The van der Waals surface area contributed by atoms with Crippen LogP contribution in [0.25, 0.3) is 0 Å². The Labute approximate surface area is 201 Å². The number of benzene rings is 2. The van der Waals surface area contributed by atoms with Crippen molar-refractivity contribution < 1.29 is 29.4 Å². The maximum Gasteiger partial charge on any atom is 0.412 e. The number of nitrogens with one attached hydrogen (secondary N) is 2. The third-order valence-electron chi connectivity index (χ3n) is 4.88. The van der Waals surface area contributed by atoms with E-state index in [0.29, 0.717) is 24.3 Å². The van der Waals surface area contributed by atoms with Gasteiger partial charge in [0.05, 0.1) is 6.61 Å². The van der Waals surface area contributed by atoms with Crippen LogP contribution in [0.4, 0.5) is 10.5 Å². The lowest BCUT2D eigenvalue weighted by Gasteiger charge is -2.34. The minimum atomic E-state index is -0.634. The van der Waals surface area contributed by atoms with Gasteiger partial charge in [0, 0.05) is 21.7 Å². The van der Waals surface area contributed by atoms with Crippen LogP contribution in [0, 0.1) is 5.41 Å². The normalized spacial score (nSPS) is 12.3. The van der Waals surface area contributed by atoms with Crippen LogP contribution in [0.2, 0.25) is 0 Å². The number of aliphatic hydroxyl groups excluding tert-OH is 1. The lowest BCUT2D eigenvalue weighted by atomic mass is 9.78. The van der Waals surface area contributed by atoms with Gasteiger partial charge in [-0.25, -0.2) is 10.3 Å². The first-order chi connectivity index (χ1) is 15.7. The lowest BCUT2D eigenvalue weighted by Crippen LogP contribution is -2.29. The van der Waals surface area contributed by atoms with Crippen molar-refractivity contribution in [3.8, 4) is 5.75 Å². The van der Waals surface area contributed by atoms with Crippen LogP contribution in [0.15, 0.2) is 65.2 Å². The first-order valence-corrected chi connectivity index (χ1v) is 11.2. The number of anilines is 1. The lowest BCUT2D eigenvalue weighted by molar-refractivity contribution is -0.124. The number of hydrogen-bond acceptors (Lipinski definition) is 6. The summed E-state index contributed by atoms with van der Waals surface area (Å²) in [5, 5.41) is 20.4. The molecule has 9 heteroatoms. The SMILES string of the molecule is CC(C)(CC/C=C/C(=O)NO)[C@H](OC(=O)Nc1ccc(Br)cc1)c1cccc(OCCO)c1. The van der Waals surface area contributed by atoms with Crippen molar-refractivity contribution in [3.05, 3.63) is 70.7 Å². The fraction of sp³-hybridized carbons (Fsp3) is 0.333. The molecule has 0 aliphatic rings. The van der Waals surface area contributed by atoms with Crippen molar-refractivity contribution in [1.82, 2.24) is 5.48 Å². The van der Waals surface area contributed by atoms with E-state index < -0.39 is 23.5 Å². The van der Waals surface area contributed by atoms with Crippen molar-refractivity contribution in [2.45, 2.75) is 32.8 Å². The molecule has 0 saturated carbocycles. The Morgan fingerprint density at radius 1 is 1.18 bits per heavy atom. The molecule has 2 amide bonds. The van der Waals surface area contributed by atoms with E-state index >= 15 is 0 Å². The van der Waals surface area contributed by atoms with E-state index in [2.05, 4.69) is 21.2 Å². The standard InChI is InChI=1S/C24H29BrN2O6/c1-24(2,13-4-3-8-21(29)27-31)22(17-6-5-7-20(16-17)32-15-14-28)33-23(30)26-19-11-9-18(25)10-12-19/h3,5-12,16,22,28,31H,4,13-15H2,1-2H3,(H,26,30)(H,27,29)/b8-3+/t22-/m1/s1. The van der Waals surface area contributed by atoms with Crippen LogP contribution in [-0.4, -0.2) is 35.5 Å². The van der Waals surface area contributed by atoms with Crippen LogP contribution >= 0.6 is 15.9 Å². The summed E-state index contributed by atoms with van der Waals surface area (Å²) in [6.45, 7) is 3.97. The quantitative estimate of drug-likeness (QED) is 0.188. The Morgan fingerprint density at radius 2 is 1.91 bits per heavy atom. The van der Waals surface area contributed by atoms with Crippen molar-refractivity contribution in [2.24, 2.45) is 5.41 Å². The molecule has 0 aliphatic carbocycles. The Balaban J connectivity index is 2.22.